The predicted molar refractivity (Wildman–Crippen MR) is 76.3 cm³/mol. The van der Waals surface area contributed by atoms with Gasteiger partial charge in [0.2, 0.25) is 10.0 Å². The minimum Gasteiger partial charge on any atom is -0.263 e. The van der Waals surface area contributed by atoms with Crippen molar-refractivity contribution in [2.45, 2.75) is 31.2 Å². The fourth-order valence-electron chi connectivity index (χ4n) is 1.48. The molecule has 1 unspecified atom stereocenters. The summed E-state index contributed by atoms with van der Waals surface area (Å²) in [5.74, 6) is 2.04. The first kappa shape index (κ1) is 15.5. The second-order valence-corrected chi connectivity index (χ2v) is 7.44. The maximum absolute atomic E-state index is 12.3. The van der Waals surface area contributed by atoms with E-state index in [4.69, 9.17) is 0 Å². The Morgan fingerprint density at radius 1 is 1.50 bits per heavy atom. The van der Waals surface area contributed by atoms with Crippen molar-refractivity contribution in [2.24, 2.45) is 0 Å². The zero-order valence-electron chi connectivity index (χ0n) is 11.0. The van der Waals surface area contributed by atoms with Crippen molar-refractivity contribution < 1.29 is 8.42 Å². The van der Waals surface area contributed by atoms with E-state index in [1.807, 2.05) is 18.7 Å². The van der Waals surface area contributed by atoms with Gasteiger partial charge in [-0.25, -0.2) is 8.42 Å². The molecule has 0 aliphatic heterocycles. The molecular formula is C12H20N2O2S2. The lowest BCUT2D eigenvalue weighted by molar-refractivity contribution is 0.382. The third kappa shape index (κ3) is 3.96. The van der Waals surface area contributed by atoms with Gasteiger partial charge in [0.05, 0.1) is 0 Å². The number of hydrogen-bond donors (Lipinski definition) is 0. The monoisotopic (exact) mass is 288 g/mol. The Morgan fingerprint density at radius 3 is 2.78 bits per heavy atom. The minimum absolute atomic E-state index is 0.00532. The highest BCUT2D eigenvalue weighted by atomic mass is 32.2. The fourth-order valence-corrected chi connectivity index (χ4v) is 3.64. The summed E-state index contributed by atoms with van der Waals surface area (Å²) in [6.07, 6.45) is 3.81. The molecule has 0 saturated carbocycles. The maximum Gasteiger partial charge on any atom is 0.244 e. The molecule has 0 radical (unpaired) electrons. The number of aromatic nitrogens is 1. The zero-order chi connectivity index (χ0) is 13.6. The van der Waals surface area contributed by atoms with E-state index in [1.54, 1.807) is 25.4 Å². The van der Waals surface area contributed by atoms with Gasteiger partial charge in [-0.2, -0.15) is 16.1 Å². The van der Waals surface area contributed by atoms with Gasteiger partial charge in [-0.15, -0.1) is 0 Å². The van der Waals surface area contributed by atoms with Crippen LogP contribution in [-0.4, -0.2) is 42.3 Å². The average molecular weight is 288 g/mol. The van der Waals surface area contributed by atoms with Crippen LogP contribution in [0.3, 0.4) is 0 Å². The van der Waals surface area contributed by atoms with E-state index in [0.29, 0.717) is 0 Å². The predicted octanol–water partition coefficient (Wildman–Crippen LogP) is 2.23. The molecule has 18 heavy (non-hydrogen) atoms. The standard InChI is InChI=1S/C12H20N2O2S2/c1-4-17-9-7-11(2)14(3)18(15,16)12-6-5-8-13-10-12/h5-6,8,10-11H,4,7,9H2,1-3H3. The summed E-state index contributed by atoms with van der Waals surface area (Å²) in [4.78, 5) is 4.11. The van der Waals surface area contributed by atoms with Crippen molar-refractivity contribution in [1.29, 1.82) is 0 Å². The summed E-state index contributed by atoms with van der Waals surface area (Å²) in [5.41, 5.74) is 0. The zero-order valence-corrected chi connectivity index (χ0v) is 12.7. The Hall–Kier alpha value is -0.590. The normalized spacial score (nSPS) is 13.8. The molecule has 1 atom stereocenters. The number of sulfonamides is 1. The lowest BCUT2D eigenvalue weighted by atomic mass is 10.3. The van der Waals surface area contributed by atoms with Crippen LogP contribution in [0, 0.1) is 0 Å². The van der Waals surface area contributed by atoms with E-state index < -0.39 is 10.0 Å². The number of pyridine rings is 1. The van der Waals surface area contributed by atoms with Crippen molar-refractivity contribution in [2.75, 3.05) is 18.6 Å². The lowest BCUT2D eigenvalue weighted by Gasteiger charge is -2.24. The Kier molecular flexibility index (Phi) is 6.11. The first-order chi connectivity index (χ1) is 8.50. The summed E-state index contributed by atoms with van der Waals surface area (Å²) in [7, 11) is -1.79. The molecule has 1 rings (SSSR count). The van der Waals surface area contributed by atoms with E-state index in [0.717, 1.165) is 17.9 Å². The van der Waals surface area contributed by atoms with Crippen molar-refractivity contribution in [3.05, 3.63) is 24.5 Å². The Labute approximate surface area is 114 Å². The molecule has 0 aliphatic carbocycles. The summed E-state index contributed by atoms with van der Waals surface area (Å²) in [6, 6.07) is 3.21. The third-order valence-electron chi connectivity index (χ3n) is 2.82. The highest BCUT2D eigenvalue weighted by molar-refractivity contribution is 7.99. The van der Waals surface area contributed by atoms with Crippen LogP contribution >= 0.6 is 11.8 Å². The highest BCUT2D eigenvalue weighted by Gasteiger charge is 2.24. The molecule has 1 aromatic heterocycles. The maximum atomic E-state index is 12.3. The van der Waals surface area contributed by atoms with Crippen LogP contribution in [0.4, 0.5) is 0 Å². The summed E-state index contributed by atoms with van der Waals surface area (Å²) < 4.78 is 26.0. The molecular weight excluding hydrogens is 268 g/mol. The van der Waals surface area contributed by atoms with Crippen LogP contribution in [0.25, 0.3) is 0 Å². The van der Waals surface area contributed by atoms with Gasteiger partial charge in [0, 0.05) is 25.5 Å². The Balaban J connectivity index is 2.73. The van der Waals surface area contributed by atoms with Crippen LogP contribution in [0.15, 0.2) is 29.4 Å². The molecule has 0 aromatic carbocycles. The molecule has 6 heteroatoms. The van der Waals surface area contributed by atoms with E-state index in [1.165, 1.54) is 10.5 Å². The van der Waals surface area contributed by atoms with Crippen molar-refractivity contribution in [3.63, 3.8) is 0 Å². The van der Waals surface area contributed by atoms with Gasteiger partial charge in [-0.05, 0) is 37.0 Å². The second kappa shape index (κ2) is 7.11. The summed E-state index contributed by atoms with van der Waals surface area (Å²) in [5, 5.41) is 0. The summed E-state index contributed by atoms with van der Waals surface area (Å²) >= 11 is 1.83. The van der Waals surface area contributed by atoms with Gasteiger partial charge in [-0.3, -0.25) is 4.98 Å². The van der Waals surface area contributed by atoms with E-state index in [2.05, 4.69) is 11.9 Å². The lowest BCUT2D eigenvalue weighted by Crippen LogP contribution is -2.35. The molecule has 4 nitrogen and oxygen atoms in total. The quantitative estimate of drug-likeness (QED) is 0.722. The van der Waals surface area contributed by atoms with E-state index >= 15 is 0 Å². The number of thioether (sulfide) groups is 1. The van der Waals surface area contributed by atoms with Crippen LogP contribution in [0.1, 0.15) is 20.3 Å². The first-order valence-corrected chi connectivity index (χ1v) is 8.55. The van der Waals surface area contributed by atoms with Crippen LogP contribution in [-0.2, 0) is 10.0 Å². The van der Waals surface area contributed by atoms with Crippen LogP contribution < -0.4 is 0 Å². The molecule has 102 valence electrons. The highest BCUT2D eigenvalue weighted by Crippen LogP contribution is 2.17. The SMILES string of the molecule is CCSCCC(C)N(C)S(=O)(=O)c1cccnc1. The summed E-state index contributed by atoms with van der Waals surface area (Å²) in [6.45, 7) is 4.04. The van der Waals surface area contributed by atoms with Gasteiger partial charge in [0.15, 0.2) is 0 Å². The van der Waals surface area contributed by atoms with Crippen molar-refractivity contribution >= 4 is 21.8 Å². The minimum atomic E-state index is -3.41. The van der Waals surface area contributed by atoms with Gasteiger partial charge >= 0.3 is 0 Å². The van der Waals surface area contributed by atoms with Crippen molar-refractivity contribution in [3.8, 4) is 0 Å². The van der Waals surface area contributed by atoms with Crippen LogP contribution in [0.5, 0.6) is 0 Å². The second-order valence-electron chi connectivity index (χ2n) is 4.04. The Bertz CT molecular complexity index is 448. The number of rotatable bonds is 7. The Morgan fingerprint density at radius 2 is 2.22 bits per heavy atom. The molecule has 0 saturated heterocycles. The molecule has 1 heterocycles. The molecule has 0 bridgehead atoms. The number of nitrogens with zero attached hydrogens (tertiary/aromatic N) is 2. The largest absolute Gasteiger partial charge is 0.263 e. The number of hydrogen-bond acceptors (Lipinski definition) is 4. The molecule has 1 aromatic rings. The molecule has 0 N–H and O–H groups in total. The van der Waals surface area contributed by atoms with Gasteiger partial charge < -0.3 is 0 Å². The van der Waals surface area contributed by atoms with E-state index in [9.17, 15) is 8.42 Å². The van der Waals surface area contributed by atoms with E-state index in [-0.39, 0.29) is 10.9 Å². The van der Waals surface area contributed by atoms with Crippen molar-refractivity contribution in [1.82, 2.24) is 9.29 Å². The van der Waals surface area contributed by atoms with Crippen LogP contribution in [0.2, 0.25) is 0 Å². The fraction of sp³-hybridized carbons (Fsp3) is 0.583. The smallest absolute Gasteiger partial charge is 0.244 e. The third-order valence-corrected chi connectivity index (χ3v) is 5.70. The first-order valence-electron chi connectivity index (χ1n) is 5.96. The molecule has 0 aliphatic rings. The van der Waals surface area contributed by atoms with Gasteiger partial charge in [0.25, 0.3) is 0 Å². The molecule has 0 spiro atoms. The average Bonchev–Trinajstić information content (AvgIpc) is 2.39. The molecule has 0 amide bonds. The molecule has 0 fully saturated rings. The van der Waals surface area contributed by atoms with Gasteiger partial charge in [-0.1, -0.05) is 6.92 Å². The van der Waals surface area contributed by atoms with Gasteiger partial charge in [0.1, 0.15) is 4.90 Å². The topological polar surface area (TPSA) is 50.3 Å².